The number of benzene rings is 1. The van der Waals surface area contributed by atoms with Crippen LogP contribution in [0.15, 0.2) is 18.2 Å². The Kier molecular flexibility index (Phi) is 7.51. The molecule has 1 rings (SSSR count). The van der Waals surface area contributed by atoms with Crippen LogP contribution in [0.1, 0.15) is 16.8 Å². The number of hydrogen-bond donors (Lipinski definition) is 1. The molecule has 3 nitrogen and oxygen atoms in total. The highest BCUT2D eigenvalue weighted by Gasteiger charge is 2.11. The smallest absolute Gasteiger partial charge is 0.252 e. The fourth-order valence-electron chi connectivity index (χ4n) is 1.37. The fraction of sp³-hybridized carbons (Fsp3) is 0.417. The van der Waals surface area contributed by atoms with Gasteiger partial charge >= 0.3 is 0 Å². The van der Waals surface area contributed by atoms with Gasteiger partial charge < -0.3 is 10.1 Å². The number of amides is 1. The highest BCUT2D eigenvalue weighted by molar-refractivity contribution is 14.1. The van der Waals surface area contributed by atoms with Crippen molar-refractivity contribution in [3.05, 3.63) is 32.4 Å². The molecule has 0 aliphatic rings. The van der Waals surface area contributed by atoms with E-state index in [-0.39, 0.29) is 10.7 Å². The van der Waals surface area contributed by atoms with Crippen molar-refractivity contribution in [2.45, 2.75) is 11.2 Å². The SMILES string of the molecule is COCC(Br)CCNC(=O)c1cc(Cl)ccc1I. The van der Waals surface area contributed by atoms with Crippen LogP contribution in [-0.4, -0.2) is 31.0 Å². The van der Waals surface area contributed by atoms with E-state index in [1.807, 2.05) is 6.07 Å². The molecule has 1 aromatic rings. The molecule has 0 saturated heterocycles. The second-order valence-corrected chi connectivity index (χ2v) is 6.61. The van der Waals surface area contributed by atoms with Crippen LogP contribution < -0.4 is 5.32 Å². The van der Waals surface area contributed by atoms with Gasteiger partial charge in [-0.2, -0.15) is 0 Å². The molecule has 1 atom stereocenters. The number of carbonyl (C=O) groups is 1. The van der Waals surface area contributed by atoms with Gasteiger partial charge in [0.2, 0.25) is 0 Å². The molecular weight excluding hydrogens is 432 g/mol. The van der Waals surface area contributed by atoms with Gasteiger partial charge in [0.25, 0.3) is 5.91 Å². The second-order valence-electron chi connectivity index (χ2n) is 3.72. The van der Waals surface area contributed by atoms with Gasteiger partial charge in [-0.1, -0.05) is 27.5 Å². The summed E-state index contributed by atoms with van der Waals surface area (Å²) in [6.07, 6.45) is 0.816. The summed E-state index contributed by atoms with van der Waals surface area (Å²) in [5.41, 5.74) is 0.612. The average molecular weight is 447 g/mol. The van der Waals surface area contributed by atoms with E-state index >= 15 is 0 Å². The number of alkyl halides is 1. The van der Waals surface area contributed by atoms with Crippen molar-refractivity contribution < 1.29 is 9.53 Å². The highest BCUT2D eigenvalue weighted by Crippen LogP contribution is 2.17. The summed E-state index contributed by atoms with van der Waals surface area (Å²) in [5, 5.41) is 3.44. The summed E-state index contributed by atoms with van der Waals surface area (Å²) in [4.78, 5) is 12.2. The van der Waals surface area contributed by atoms with E-state index in [0.29, 0.717) is 23.7 Å². The van der Waals surface area contributed by atoms with Gasteiger partial charge in [0.05, 0.1) is 12.2 Å². The van der Waals surface area contributed by atoms with Crippen molar-refractivity contribution in [3.63, 3.8) is 0 Å². The van der Waals surface area contributed by atoms with Crippen LogP contribution in [0.4, 0.5) is 0 Å². The molecule has 1 aromatic carbocycles. The standard InChI is InChI=1S/C12H14BrClINO2/c1-18-7-8(13)4-5-16-12(17)10-6-9(14)2-3-11(10)15/h2-3,6,8H,4-5,7H2,1H3,(H,16,17). The molecule has 0 aliphatic heterocycles. The molecule has 0 fully saturated rings. The van der Waals surface area contributed by atoms with Gasteiger partial charge in [0.15, 0.2) is 0 Å². The lowest BCUT2D eigenvalue weighted by Crippen LogP contribution is -2.27. The van der Waals surface area contributed by atoms with E-state index in [1.54, 1.807) is 19.2 Å². The molecule has 0 heterocycles. The summed E-state index contributed by atoms with van der Waals surface area (Å²) in [6.45, 7) is 1.23. The molecule has 0 aliphatic carbocycles. The number of rotatable bonds is 6. The van der Waals surface area contributed by atoms with E-state index in [0.717, 1.165) is 9.99 Å². The monoisotopic (exact) mass is 445 g/mol. The normalized spacial score (nSPS) is 12.2. The number of methoxy groups -OCH3 is 1. The molecule has 0 spiro atoms. The molecule has 1 amide bonds. The van der Waals surface area contributed by atoms with E-state index < -0.39 is 0 Å². The molecule has 6 heteroatoms. The largest absolute Gasteiger partial charge is 0.384 e. The number of nitrogens with one attached hydrogen (secondary N) is 1. The Morgan fingerprint density at radius 3 is 3.00 bits per heavy atom. The molecule has 0 aromatic heterocycles. The zero-order valence-electron chi connectivity index (χ0n) is 9.88. The van der Waals surface area contributed by atoms with E-state index in [9.17, 15) is 4.79 Å². The Labute approximate surface area is 134 Å². The first-order chi connectivity index (χ1) is 8.54. The molecule has 100 valence electrons. The first-order valence-corrected chi connectivity index (χ1v) is 7.78. The van der Waals surface area contributed by atoms with Crippen LogP contribution in [0.2, 0.25) is 5.02 Å². The lowest BCUT2D eigenvalue weighted by atomic mass is 10.2. The summed E-state index contributed by atoms with van der Waals surface area (Å²) in [5.74, 6) is -0.0981. The summed E-state index contributed by atoms with van der Waals surface area (Å²) in [7, 11) is 1.65. The summed E-state index contributed by atoms with van der Waals surface area (Å²) in [6, 6.07) is 5.28. The van der Waals surface area contributed by atoms with E-state index in [2.05, 4.69) is 43.8 Å². The van der Waals surface area contributed by atoms with Crippen molar-refractivity contribution >= 4 is 56.0 Å². The first kappa shape index (κ1) is 16.2. The molecule has 0 radical (unpaired) electrons. The highest BCUT2D eigenvalue weighted by atomic mass is 127. The topological polar surface area (TPSA) is 38.3 Å². The van der Waals surface area contributed by atoms with Crippen LogP contribution in [0, 0.1) is 3.57 Å². The second kappa shape index (κ2) is 8.35. The van der Waals surface area contributed by atoms with Gasteiger partial charge in [0.1, 0.15) is 0 Å². The number of carbonyl (C=O) groups excluding carboxylic acids is 1. The zero-order chi connectivity index (χ0) is 13.5. The fourth-order valence-corrected chi connectivity index (χ4v) is 2.62. The van der Waals surface area contributed by atoms with Gasteiger partial charge in [-0.3, -0.25) is 4.79 Å². The van der Waals surface area contributed by atoms with E-state index in [1.165, 1.54) is 0 Å². The Morgan fingerprint density at radius 2 is 2.33 bits per heavy atom. The van der Waals surface area contributed by atoms with E-state index in [4.69, 9.17) is 16.3 Å². The third-order valence-corrected chi connectivity index (χ3v) is 4.16. The van der Waals surface area contributed by atoms with Crippen LogP contribution >= 0.6 is 50.1 Å². The Morgan fingerprint density at radius 1 is 1.61 bits per heavy atom. The Balaban J connectivity index is 2.48. The van der Waals surface area contributed by atoms with Gasteiger partial charge in [-0.25, -0.2) is 0 Å². The van der Waals surface area contributed by atoms with Crippen LogP contribution in [0.5, 0.6) is 0 Å². The lowest BCUT2D eigenvalue weighted by molar-refractivity contribution is 0.0951. The minimum absolute atomic E-state index is 0.0981. The first-order valence-electron chi connectivity index (χ1n) is 5.41. The van der Waals surface area contributed by atoms with Gasteiger partial charge in [0, 0.05) is 27.1 Å². The van der Waals surface area contributed by atoms with Crippen LogP contribution in [-0.2, 0) is 4.74 Å². The van der Waals surface area contributed by atoms with Gasteiger partial charge in [-0.15, -0.1) is 0 Å². The average Bonchev–Trinajstić information content (AvgIpc) is 2.32. The number of halogens is 3. The molecular formula is C12H14BrClINO2. The maximum atomic E-state index is 11.9. The van der Waals surface area contributed by atoms with Crippen molar-refractivity contribution in [1.82, 2.24) is 5.32 Å². The van der Waals surface area contributed by atoms with Crippen molar-refractivity contribution in [1.29, 1.82) is 0 Å². The number of hydrogen-bond acceptors (Lipinski definition) is 2. The van der Waals surface area contributed by atoms with Gasteiger partial charge in [-0.05, 0) is 47.2 Å². The molecule has 1 unspecified atom stereocenters. The molecule has 0 bridgehead atoms. The molecule has 0 saturated carbocycles. The maximum absolute atomic E-state index is 11.9. The predicted molar refractivity (Wildman–Crippen MR) is 85.7 cm³/mol. The number of ether oxygens (including phenoxy) is 1. The third kappa shape index (κ3) is 5.42. The third-order valence-electron chi connectivity index (χ3n) is 2.26. The summed E-state index contributed by atoms with van der Waals surface area (Å²) >= 11 is 11.5. The van der Waals surface area contributed by atoms with Crippen molar-refractivity contribution in [2.24, 2.45) is 0 Å². The zero-order valence-corrected chi connectivity index (χ0v) is 14.4. The lowest BCUT2D eigenvalue weighted by Gasteiger charge is -2.10. The minimum atomic E-state index is -0.0981. The van der Waals surface area contributed by atoms with Crippen LogP contribution in [0.25, 0.3) is 0 Å². The maximum Gasteiger partial charge on any atom is 0.252 e. The Hall–Kier alpha value is 0.150. The van der Waals surface area contributed by atoms with Crippen LogP contribution in [0.3, 0.4) is 0 Å². The van der Waals surface area contributed by atoms with Crippen molar-refractivity contribution in [2.75, 3.05) is 20.3 Å². The minimum Gasteiger partial charge on any atom is -0.384 e. The molecule has 1 N–H and O–H groups in total. The quantitative estimate of drug-likeness (QED) is 0.537. The molecule has 18 heavy (non-hydrogen) atoms. The Bertz CT molecular complexity index is 417. The van der Waals surface area contributed by atoms with Crippen molar-refractivity contribution in [3.8, 4) is 0 Å². The summed E-state index contributed by atoms with van der Waals surface area (Å²) < 4.78 is 5.89. The predicted octanol–water partition coefficient (Wildman–Crippen LogP) is 3.47.